The Morgan fingerprint density at radius 3 is 3.00 bits per heavy atom. The summed E-state index contributed by atoms with van der Waals surface area (Å²) in [7, 11) is 0. The number of aromatic amines is 1. The molecule has 0 radical (unpaired) electrons. The van der Waals surface area contributed by atoms with E-state index in [9.17, 15) is 0 Å². The van der Waals surface area contributed by atoms with Crippen LogP contribution >= 0.6 is 0 Å². The van der Waals surface area contributed by atoms with Gasteiger partial charge in [-0.2, -0.15) is 5.10 Å². The van der Waals surface area contributed by atoms with Crippen molar-refractivity contribution in [3.63, 3.8) is 0 Å². The Hall–Kier alpha value is -1.62. The lowest BCUT2D eigenvalue weighted by molar-refractivity contribution is 0.660. The Morgan fingerprint density at radius 2 is 2.33 bits per heavy atom. The van der Waals surface area contributed by atoms with Crippen molar-refractivity contribution in [2.24, 2.45) is 5.73 Å². The topological polar surface area (TPSA) is 72.5 Å². The molecule has 80 valence electrons. The van der Waals surface area contributed by atoms with Crippen molar-refractivity contribution in [3.8, 4) is 11.3 Å². The first-order chi connectivity index (χ1) is 7.33. The van der Waals surface area contributed by atoms with Crippen LogP contribution in [-0.2, 0) is 13.0 Å². The van der Waals surface area contributed by atoms with Gasteiger partial charge in [-0.3, -0.25) is 4.68 Å². The summed E-state index contributed by atoms with van der Waals surface area (Å²) in [5, 5.41) is 4.21. The molecule has 0 unspecified atom stereocenters. The molecule has 0 saturated carbocycles. The van der Waals surface area contributed by atoms with E-state index >= 15 is 0 Å². The monoisotopic (exact) mass is 205 g/mol. The van der Waals surface area contributed by atoms with E-state index in [0.29, 0.717) is 6.54 Å². The van der Waals surface area contributed by atoms with Crippen LogP contribution < -0.4 is 5.73 Å². The number of imidazole rings is 1. The van der Waals surface area contributed by atoms with Crippen molar-refractivity contribution in [2.45, 2.75) is 19.9 Å². The Kier molecular flexibility index (Phi) is 2.82. The van der Waals surface area contributed by atoms with Gasteiger partial charge in [0, 0.05) is 24.7 Å². The zero-order chi connectivity index (χ0) is 10.7. The summed E-state index contributed by atoms with van der Waals surface area (Å²) in [6.45, 7) is 3.55. The smallest absolute Gasteiger partial charge is 0.107 e. The minimum absolute atomic E-state index is 0.612. The molecule has 0 fully saturated rings. The Labute approximate surface area is 88.3 Å². The molecule has 0 aromatic carbocycles. The van der Waals surface area contributed by atoms with E-state index in [2.05, 4.69) is 22.0 Å². The normalized spacial score (nSPS) is 10.8. The first kappa shape index (κ1) is 9.92. The third-order valence-electron chi connectivity index (χ3n) is 2.28. The van der Waals surface area contributed by atoms with Crippen LogP contribution in [0.3, 0.4) is 0 Å². The maximum atomic E-state index is 5.46. The average molecular weight is 205 g/mol. The molecule has 0 amide bonds. The van der Waals surface area contributed by atoms with Crippen molar-refractivity contribution >= 4 is 0 Å². The highest BCUT2D eigenvalue weighted by Gasteiger charge is 2.04. The maximum Gasteiger partial charge on any atom is 0.107 e. The zero-order valence-corrected chi connectivity index (χ0v) is 8.77. The Balaban J connectivity index is 2.21. The predicted octanol–water partition coefficient (Wildman–Crippen LogP) is 0.794. The fraction of sp³-hybridized carbons (Fsp3) is 0.400. The van der Waals surface area contributed by atoms with Crippen LogP contribution in [-0.4, -0.2) is 26.3 Å². The molecule has 0 spiro atoms. The lowest BCUT2D eigenvalue weighted by Crippen LogP contribution is -2.03. The van der Waals surface area contributed by atoms with E-state index in [1.165, 1.54) is 0 Å². The highest BCUT2D eigenvalue weighted by atomic mass is 15.3. The van der Waals surface area contributed by atoms with E-state index < -0.39 is 0 Å². The second-order valence-corrected chi connectivity index (χ2v) is 3.37. The molecular weight excluding hydrogens is 190 g/mol. The average Bonchev–Trinajstić information content (AvgIpc) is 2.85. The molecule has 0 aliphatic carbocycles. The molecule has 0 saturated heterocycles. The van der Waals surface area contributed by atoms with E-state index in [4.69, 9.17) is 5.73 Å². The number of rotatable bonds is 4. The highest BCUT2D eigenvalue weighted by Crippen LogP contribution is 2.15. The van der Waals surface area contributed by atoms with Crippen LogP contribution in [0.1, 0.15) is 12.7 Å². The Bertz CT molecular complexity index is 428. The molecule has 0 aliphatic rings. The minimum Gasteiger partial charge on any atom is -0.342 e. The number of H-pyrrole nitrogens is 1. The van der Waals surface area contributed by atoms with Crippen molar-refractivity contribution < 1.29 is 0 Å². The van der Waals surface area contributed by atoms with Gasteiger partial charge in [-0.1, -0.05) is 0 Å². The SMILES string of the molecule is CCn1cc(-c2cnc(CCN)[nH]2)cn1. The van der Waals surface area contributed by atoms with Gasteiger partial charge in [-0.15, -0.1) is 0 Å². The van der Waals surface area contributed by atoms with Crippen LogP contribution in [0, 0.1) is 0 Å². The van der Waals surface area contributed by atoms with Crippen LogP contribution in [0.25, 0.3) is 11.3 Å². The number of hydrogen-bond donors (Lipinski definition) is 2. The number of nitrogens with two attached hydrogens (primary N) is 1. The predicted molar refractivity (Wildman–Crippen MR) is 58.2 cm³/mol. The largest absolute Gasteiger partial charge is 0.342 e. The molecule has 2 rings (SSSR count). The van der Waals surface area contributed by atoms with Gasteiger partial charge >= 0.3 is 0 Å². The summed E-state index contributed by atoms with van der Waals surface area (Å²) >= 11 is 0. The van der Waals surface area contributed by atoms with Crippen LogP contribution in [0.5, 0.6) is 0 Å². The van der Waals surface area contributed by atoms with E-state index in [1.54, 1.807) is 0 Å². The summed E-state index contributed by atoms with van der Waals surface area (Å²) in [4.78, 5) is 7.47. The highest BCUT2D eigenvalue weighted by molar-refractivity contribution is 5.55. The fourth-order valence-corrected chi connectivity index (χ4v) is 1.45. The van der Waals surface area contributed by atoms with Crippen LogP contribution in [0.2, 0.25) is 0 Å². The molecule has 5 nitrogen and oxygen atoms in total. The molecule has 3 N–H and O–H groups in total. The van der Waals surface area contributed by atoms with Crippen LogP contribution in [0.4, 0.5) is 0 Å². The molecule has 0 bridgehead atoms. The van der Waals surface area contributed by atoms with E-state index in [-0.39, 0.29) is 0 Å². The second-order valence-electron chi connectivity index (χ2n) is 3.37. The number of nitrogens with one attached hydrogen (secondary N) is 1. The van der Waals surface area contributed by atoms with Gasteiger partial charge in [0.05, 0.1) is 18.1 Å². The standard InChI is InChI=1S/C10H15N5/c1-2-15-7-8(5-13-15)9-6-12-10(14-9)3-4-11/h5-7H,2-4,11H2,1H3,(H,12,14). The number of hydrogen-bond acceptors (Lipinski definition) is 3. The first-order valence-electron chi connectivity index (χ1n) is 5.10. The van der Waals surface area contributed by atoms with Gasteiger partial charge in [0.15, 0.2) is 0 Å². The van der Waals surface area contributed by atoms with E-state index in [1.807, 2.05) is 23.3 Å². The third kappa shape index (κ3) is 2.07. The lowest BCUT2D eigenvalue weighted by atomic mass is 10.3. The van der Waals surface area contributed by atoms with E-state index in [0.717, 1.165) is 30.0 Å². The molecule has 5 heteroatoms. The van der Waals surface area contributed by atoms with Crippen molar-refractivity contribution in [3.05, 3.63) is 24.4 Å². The number of aromatic nitrogens is 4. The number of nitrogens with zero attached hydrogens (tertiary/aromatic N) is 3. The van der Waals surface area contributed by atoms with Crippen molar-refractivity contribution in [2.75, 3.05) is 6.54 Å². The summed E-state index contributed by atoms with van der Waals surface area (Å²) < 4.78 is 1.89. The Morgan fingerprint density at radius 1 is 1.47 bits per heavy atom. The lowest BCUT2D eigenvalue weighted by Gasteiger charge is -1.92. The molecular formula is C10H15N5. The molecule has 0 atom stereocenters. The zero-order valence-electron chi connectivity index (χ0n) is 8.77. The van der Waals surface area contributed by atoms with Gasteiger partial charge in [-0.05, 0) is 13.5 Å². The van der Waals surface area contributed by atoms with Gasteiger partial charge in [-0.25, -0.2) is 4.98 Å². The van der Waals surface area contributed by atoms with Gasteiger partial charge in [0.25, 0.3) is 0 Å². The van der Waals surface area contributed by atoms with Crippen LogP contribution in [0.15, 0.2) is 18.6 Å². The second kappa shape index (κ2) is 4.27. The summed E-state index contributed by atoms with van der Waals surface area (Å²) in [6, 6.07) is 0. The molecule has 15 heavy (non-hydrogen) atoms. The molecule has 2 aromatic heterocycles. The third-order valence-corrected chi connectivity index (χ3v) is 2.28. The quantitative estimate of drug-likeness (QED) is 0.775. The van der Waals surface area contributed by atoms with Gasteiger partial charge in [0.2, 0.25) is 0 Å². The maximum absolute atomic E-state index is 5.46. The van der Waals surface area contributed by atoms with Crippen molar-refractivity contribution in [1.29, 1.82) is 0 Å². The summed E-state index contributed by atoms with van der Waals surface area (Å²) in [6.07, 6.45) is 6.44. The van der Waals surface area contributed by atoms with Crippen molar-refractivity contribution in [1.82, 2.24) is 19.7 Å². The number of aryl methyl sites for hydroxylation is 1. The first-order valence-corrected chi connectivity index (χ1v) is 5.10. The van der Waals surface area contributed by atoms with Gasteiger partial charge in [0.1, 0.15) is 5.82 Å². The molecule has 0 aliphatic heterocycles. The van der Waals surface area contributed by atoms with Gasteiger partial charge < -0.3 is 10.7 Å². The molecule has 2 heterocycles. The summed E-state index contributed by atoms with van der Waals surface area (Å²) in [5.41, 5.74) is 7.52. The fourth-order valence-electron chi connectivity index (χ4n) is 1.45. The summed E-state index contributed by atoms with van der Waals surface area (Å²) in [5.74, 6) is 0.928. The minimum atomic E-state index is 0.612. The molecule has 2 aromatic rings.